The van der Waals surface area contributed by atoms with Crippen LogP contribution in [0.2, 0.25) is 10.0 Å². The molecule has 30 heavy (non-hydrogen) atoms. The van der Waals surface area contributed by atoms with Crippen LogP contribution in [0.3, 0.4) is 0 Å². The van der Waals surface area contributed by atoms with Crippen molar-refractivity contribution >= 4 is 70.8 Å². The molecular formula is C21H10BrCl2N3O2S. The minimum Gasteiger partial charge on any atom is -0.267 e. The van der Waals surface area contributed by atoms with Gasteiger partial charge < -0.3 is 0 Å². The number of halogens is 3. The molecule has 0 atom stereocenters. The van der Waals surface area contributed by atoms with Crippen LogP contribution in [0.5, 0.6) is 0 Å². The highest BCUT2D eigenvalue weighted by molar-refractivity contribution is 9.10. The third-order valence-electron chi connectivity index (χ3n) is 4.69. The predicted molar refractivity (Wildman–Crippen MR) is 126 cm³/mol. The molecule has 0 bridgehead atoms. The molecule has 3 heterocycles. The van der Waals surface area contributed by atoms with E-state index in [1.54, 1.807) is 36.5 Å². The maximum Gasteiger partial charge on any atom is 0.340 e. The summed E-state index contributed by atoms with van der Waals surface area (Å²) in [6, 6.07) is 14.0. The standard InChI is InChI=1S/C21H10BrCl2N3O2S/c22-11-3-6-17-14(8-11)18-19(30-17)20(28)27(13-2-1-7-25-10-13)21(29)26(18)12-4-5-15(23)16(24)9-12/h1-10H. The van der Waals surface area contributed by atoms with Gasteiger partial charge in [-0.15, -0.1) is 11.3 Å². The van der Waals surface area contributed by atoms with Gasteiger partial charge in [-0.05, 0) is 48.5 Å². The van der Waals surface area contributed by atoms with E-state index in [4.69, 9.17) is 23.2 Å². The molecule has 0 aliphatic rings. The normalized spacial score (nSPS) is 11.4. The topological polar surface area (TPSA) is 56.9 Å². The Morgan fingerprint density at radius 1 is 0.933 bits per heavy atom. The first kappa shape index (κ1) is 19.5. The average Bonchev–Trinajstić information content (AvgIpc) is 3.10. The second-order valence-corrected chi connectivity index (χ2v) is 9.27. The Morgan fingerprint density at radius 2 is 1.77 bits per heavy atom. The molecule has 5 aromatic rings. The Bertz CT molecular complexity index is 1580. The van der Waals surface area contributed by atoms with Crippen LogP contribution in [-0.2, 0) is 0 Å². The molecular weight excluding hydrogens is 509 g/mol. The van der Waals surface area contributed by atoms with Crippen molar-refractivity contribution in [2.75, 3.05) is 0 Å². The van der Waals surface area contributed by atoms with E-state index in [1.807, 2.05) is 18.2 Å². The SMILES string of the molecule is O=c1c2sc3ccc(Br)cc3c2n(-c2ccc(Cl)c(Cl)c2)c(=O)n1-c1cccnc1. The number of rotatable bonds is 2. The number of hydrogen-bond donors (Lipinski definition) is 0. The van der Waals surface area contributed by atoms with Crippen molar-refractivity contribution < 1.29 is 0 Å². The zero-order valence-electron chi connectivity index (χ0n) is 15.0. The van der Waals surface area contributed by atoms with Gasteiger partial charge in [0.15, 0.2) is 0 Å². The average molecular weight is 519 g/mol. The summed E-state index contributed by atoms with van der Waals surface area (Å²) >= 11 is 17.1. The zero-order valence-corrected chi connectivity index (χ0v) is 18.9. The summed E-state index contributed by atoms with van der Waals surface area (Å²) in [5.74, 6) is 0. The summed E-state index contributed by atoms with van der Waals surface area (Å²) in [7, 11) is 0. The second kappa shape index (κ2) is 7.35. The van der Waals surface area contributed by atoms with Gasteiger partial charge in [0.1, 0.15) is 4.70 Å². The van der Waals surface area contributed by atoms with Gasteiger partial charge in [0.25, 0.3) is 5.56 Å². The quantitative estimate of drug-likeness (QED) is 0.296. The van der Waals surface area contributed by atoms with Crippen LogP contribution in [-0.4, -0.2) is 14.1 Å². The van der Waals surface area contributed by atoms with Crippen molar-refractivity contribution in [3.05, 3.63) is 96.3 Å². The lowest BCUT2D eigenvalue weighted by molar-refractivity contribution is 0.835. The minimum atomic E-state index is -0.515. The second-order valence-electron chi connectivity index (χ2n) is 6.49. The number of nitrogens with zero attached hydrogens (tertiary/aromatic N) is 3. The van der Waals surface area contributed by atoms with Crippen molar-refractivity contribution in [2.24, 2.45) is 0 Å². The number of benzene rings is 2. The van der Waals surface area contributed by atoms with Gasteiger partial charge in [-0.3, -0.25) is 14.3 Å². The maximum absolute atomic E-state index is 13.6. The van der Waals surface area contributed by atoms with E-state index in [0.29, 0.717) is 31.6 Å². The first-order valence-corrected chi connectivity index (χ1v) is 11.1. The van der Waals surface area contributed by atoms with Crippen molar-refractivity contribution in [3.63, 3.8) is 0 Å². The lowest BCUT2D eigenvalue weighted by Crippen LogP contribution is -2.37. The van der Waals surface area contributed by atoms with Crippen LogP contribution in [0.1, 0.15) is 0 Å². The van der Waals surface area contributed by atoms with Crippen molar-refractivity contribution in [1.29, 1.82) is 0 Å². The number of aromatic nitrogens is 3. The van der Waals surface area contributed by atoms with Gasteiger partial charge in [-0.2, -0.15) is 0 Å². The summed E-state index contributed by atoms with van der Waals surface area (Å²) in [4.78, 5) is 31.1. The van der Waals surface area contributed by atoms with Crippen LogP contribution >= 0.6 is 50.5 Å². The van der Waals surface area contributed by atoms with Crippen LogP contribution in [0, 0.1) is 0 Å². The zero-order chi connectivity index (χ0) is 21.0. The Balaban J connectivity index is 2.03. The monoisotopic (exact) mass is 517 g/mol. The fourth-order valence-electron chi connectivity index (χ4n) is 3.39. The first-order valence-electron chi connectivity index (χ1n) is 8.71. The van der Waals surface area contributed by atoms with Gasteiger partial charge in [-0.25, -0.2) is 9.36 Å². The fraction of sp³-hybridized carbons (Fsp3) is 0. The molecule has 3 aromatic heterocycles. The van der Waals surface area contributed by atoms with E-state index in [0.717, 1.165) is 19.1 Å². The van der Waals surface area contributed by atoms with Gasteiger partial charge >= 0.3 is 5.69 Å². The maximum atomic E-state index is 13.6. The van der Waals surface area contributed by atoms with Crippen LogP contribution in [0.15, 0.2) is 75.0 Å². The fourth-order valence-corrected chi connectivity index (χ4v) is 5.14. The van der Waals surface area contributed by atoms with Crippen LogP contribution in [0.25, 0.3) is 31.7 Å². The lowest BCUT2D eigenvalue weighted by Gasteiger charge is -2.13. The van der Waals surface area contributed by atoms with E-state index >= 15 is 0 Å². The third kappa shape index (κ3) is 3.01. The third-order valence-corrected chi connectivity index (χ3v) is 7.07. The number of fused-ring (bicyclic) bond motifs is 3. The molecule has 5 nitrogen and oxygen atoms in total. The molecule has 2 aromatic carbocycles. The summed E-state index contributed by atoms with van der Waals surface area (Å²) < 4.78 is 4.82. The molecule has 0 spiro atoms. The first-order chi connectivity index (χ1) is 14.5. The molecule has 0 radical (unpaired) electrons. The number of hydrogen-bond acceptors (Lipinski definition) is 4. The molecule has 0 N–H and O–H groups in total. The number of thiophene rings is 1. The largest absolute Gasteiger partial charge is 0.340 e. The van der Waals surface area contributed by atoms with Gasteiger partial charge in [-0.1, -0.05) is 39.1 Å². The molecule has 9 heteroatoms. The highest BCUT2D eigenvalue weighted by Gasteiger charge is 2.21. The van der Waals surface area contributed by atoms with Crippen molar-refractivity contribution in [1.82, 2.24) is 14.1 Å². The Kier molecular flexibility index (Phi) is 4.78. The lowest BCUT2D eigenvalue weighted by atomic mass is 10.2. The molecule has 0 fully saturated rings. The predicted octanol–water partition coefficient (Wildman–Crippen LogP) is 5.82. The molecule has 0 aliphatic heterocycles. The van der Waals surface area contributed by atoms with E-state index < -0.39 is 11.2 Å². The molecule has 0 saturated carbocycles. The van der Waals surface area contributed by atoms with E-state index in [1.165, 1.54) is 22.1 Å². The summed E-state index contributed by atoms with van der Waals surface area (Å²) in [5.41, 5.74) is 0.526. The van der Waals surface area contributed by atoms with Crippen LogP contribution < -0.4 is 11.2 Å². The van der Waals surface area contributed by atoms with Gasteiger partial charge in [0.2, 0.25) is 0 Å². The van der Waals surface area contributed by atoms with Gasteiger partial charge in [0.05, 0.1) is 33.1 Å². The van der Waals surface area contributed by atoms with Crippen molar-refractivity contribution in [2.45, 2.75) is 0 Å². The molecule has 148 valence electrons. The molecule has 0 saturated heterocycles. The summed E-state index contributed by atoms with van der Waals surface area (Å²) in [6.07, 6.45) is 3.07. The Hall–Kier alpha value is -2.45. The highest BCUT2D eigenvalue weighted by atomic mass is 79.9. The van der Waals surface area contributed by atoms with E-state index in [-0.39, 0.29) is 0 Å². The minimum absolute atomic E-state index is 0.314. The van der Waals surface area contributed by atoms with Crippen LogP contribution in [0.4, 0.5) is 0 Å². The molecule has 0 amide bonds. The summed E-state index contributed by atoms with van der Waals surface area (Å²) in [5, 5.41) is 1.49. The Labute approximate surface area is 191 Å². The molecule has 0 unspecified atom stereocenters. The molecule has 0 aliphatic carbocycles. The Morgan fingerprint density at radius 3 is 2.50 bits per heavy atom. The smallest absolute Gasteiger partial charge is 0.267 e. The van der Waals surface area contributed by atoms with Crippen molar-refractivity contribution in [3.8, 4) is 11.4 Å². The highest BCUT2D eigenvalue weighted by Crippen LogP contribution is 2.35. The van der Waals surface area contributed by atoms with Gasteiger partial charge in [0, 0.05) is 20.8 Å². The van der Waals surface area contributed by atoms with E-state index in [9.17, 15) is 9.59 Å². The molecule has 5 rings (SSSR count). The van der Waals surface area contributed by atoms with E-state index in [2.05, 4.69) is 20.9 Å². The number of pyridine rings is 1. The summed E-state index contributed by atoms with van der Waals surface area (Å²) in [6.45, 7) is 0.